The fourth-order valence-corrected chi connectivity index (χ4v) is 4.99. The number of aliphatic hydroxyl groups is 1. The molecule has 3 aromatic rings. The van der Waals surface area contributed by atoms with Gasteiger partial charge in [0.2, 0.25) is 0 Å². The Morgan fingerprint density at radius 3 is 2.20 bits per heavy atom. The zero-order valence-corrected chi connectivity index (χ0v) is 18.5. The van der Waals surface area contributed by atoms with Crippen molar-refractivity contribution in [3.05, 3.63) is 94.0 Å². The molecular formula is C25H26BrNO3. The van der Waals surface area contributed by atoms with Crippen LogP contribution in [0.4, 0.5) is 0 Å². The van der Waals surface area contributed by atoms with Crippen molar-refractivity contribution in [2.75, 3.05) is 13.7 Å². The van der Waals surface area contributed by atoms with Crippen molar-refractivity contribution < 1.29 is 14.9 Å². The molecule has 4 nitrogen and oxygen atoms in total. The molecule has 1 aliphatic rings. The summed E-state index contributed by atoms with van der Waals surface area (Å²) in [6.45, 7) is 1.37. The van der Waals surface area contributed by atoms with E-state index in [1.54, 1.807) is 13.2 Å². The summed E-state index contributed by atoms with van der Waals surface area (Å²) in [4.78, 5) is 2.26. The van der Waals surface area contributed by atoms with Gasteiger partial charge in [-0.1, -0.05) is 60.7 Å². The fourth-order valence-electron chi connectivity index (χ4n) is 4.51. The maximum absolute atomic E-state index is 12.2. The van der Waals surface area contributed by atoms with E-state index >= 15 is 0 Å². The molecule has 0 saturated carbocycles. The van der Waals surface area contributed by atoms with Gasteiger partial charge in [0, 0.05) is 18.2 Å². The number of halogens is 1. The van der Waals surface area contributed by atoms with Crippen LogP contribution in [0.3, 0.4) is 0 Å². The van der Waals surface area contributed by atoms with Crippen LogP contribution in [0.15, 0.2) is 77.3 Å². The Morgan fingerprint density at radius 1 is 1.03 bits per heavy atom. The Labute approximate surface area is 185 Å². The highest BCUT2D eigenvalue weighted by molar-refractivity contribution is 9.10. The summed E-state index contributed by atoms with van der Waals surface area (Å²) in [5.41, 5.74) is 1.38. The summed E-state index contributed by atoms with van der Waals surface area (Å²) in [6.07, 6.45) is 1.85. The lowest BCUT2D eigenvalue weighted by Crippen LogP contribution is -2.48. The van der Waals surface area contributed by atoms with Gasteiger partial charge >= 0.3 is 0 Å². The molecule has 0 radical (unpaired) electrons. The van der Waals surface area contributed by atoms with Crippen LogP contribution < -0.4 is 4.74 Å². The van der Waals surface area contributed by atoms with Gasteiger partial charge in [0.1, 0.15) is 17.1 Å². The monoisotopic (exact) mass is 467 g/mol. The maximum Gasteiger partial charge on any atom is 0.134 e. The van der Waals surface area contributed by atoms with Crippen LogP contribution in [0.1, 0.15) is 29.5 Å². The molecule has 0 spiro atoms. The van der Waals surface area contributed by atoms with Gasteiger partial charge in [-0.15, -0.1) is 0 Å². The molecule has 30 heavy (non-hydrogen) atoms. The van der Waals surface area contributed by atoms with Crippen LogP contribution in [0.2, 0.25) is 0 Å². The van der Waals surface area contributed by atoms with Crippen molar-refractivity contribution in [3.8, 4) is 11.5 Å². The van der Waals surface area contributed by atoms with E-state index in [1.165, 1.54) is 0 Å². The molecule has 5 heteroatoms. The predicted octanol–water partition coefficient (Wildman–Crippen LogP) is 5.06. The van der Waals surface area contributed by atoms with Crippen LogP contribution in [0.25, 0.3) is 0 Å². The number of ether oxygens (including phenoxy) is 1. The lowest BCUT2D eigenvalue weighted by Gasteiger charge is -2.40. The molecule has 1 heterocycles. The molecule has 4 rings (SSSR count). The third kappa shape index (κ3) is 3.85. The molecule has 1 fully saturated rings. The molecule has 3 aromatic carbocycles. The van der Waals surface area contributed by atoms with Crippen LogP contribution >= 0.6 is 15.9 Å². The minimum atomic E-state index is -1.15. The van der Waals surface area contributed by atoms with E-state index in [4.69, 9.17) is 4.74 Å². The summed E-state index contributed by atoms with van der Waals surface area (Å²) in [6, 6.07) is 23.2. The van der Waals surface area contributed by atoms with Crippen molar-refractivity contribution in [1.82, 2.24) is 4.90 Å². The van der Waals surface area contributed by atoms with Gasteiger partial charge in [0.25, 0.3) is 0 Å². The van der Waals surface area contributed by atoms with Crippen LogP contribution in [0, 0.1) is 0 Å². The second-order valence-electron chi connectivity index (χ2n) is 7.74. The average molecular weight is 468 g/mol. The van der Waals surface area contributed by atoms with Crippen LogP contribution in [-0.2, 0) is 12.1 Å². The highest BCUT2D eigenvalue weighted by atomic mass is 79.9. The first kappa shape index (κ1) is 20.9. The van der Waals surface area contributed by atoms with Crippen LogP contribution in [-0.4, -0.2) is 34.8 Å². The minimum Gasteiger partial charge on any atom is -0.506 e. The topological polar surface area (TPSA) is 52.9 Å². The van der Waals surface area contributed by atoms with Crippen LogP contribution in [0.5, 0.6) is 11.5 Å². The molecule has 0 bridgehead atoms. The Kier molecular flexibility index (Phi) is 6.14. The Morgan fingerprint density at radius 2 is 1.63 bits per heavy atom. The number of methoxy groups -OCH3 is 1. The largest absolute Gasteiger partial charge is 0.506 e. The SMILES string of the molecule is COc1cc(Br)c(O)c(CN2CCC[C@@H]2C(O)(c2ccccc2)c2ccccc2)c1. The summed E-state index contributed by atoms with van der Waals surface area (Å²) in [7, 11) is 1.62. The summed E-state index contributed by atoms with van der Waals surface area (Å²) >= 11 is 3.42. The number of hydrogen-bond donors (Lipinski definition) is 2. The van der Waals surface area contributed by atoms with Crippen molar-refractivity contribution in [2.24, 2.45) is 0 Å². The second-order valence-corrected chi connectivity index (χ2v) is 8.60. The Bertz CT molecular complexity index is 955. The van der Waals surface area contributed by atoms with E-state index in [-0.39, 0.29) is 11.8 Å². The normalized spacial score (nSPS) is 17.2. The number of benzene rings is 3. The molecule has 2 N–H and O–H groups in total. The quantitative estimate of drug-likeness (QED) is 0.531. The number of rotatable bonds is 6. The number of likely N-dealkylation sites (tertiary alicyclic amines) is 1. The highest BCUT2D eigenvalue weighted by Gasteiger charge is 2.45. The van der Waals surface area contributed by atoms with Gasteiger partial charge in [-0.05, 0) is 58.6 Å². The molecule has 0 aromatic heterocycles. The van der Waals surface area contributed by atoms with Gasteiger partial charge in [-0.2, -0.15) is 0 Å². The van der Waals surface area contributed by atoms with E-state index in [0.29, 0.717) is 16.8 Å². The zero-order chi connectivity index (χ0) is 21.1. The standard InChI is InChI=1S/C25H26BrNO3/c1-30-21-15-18(24(28)22(26)16-21)17-27-14-8-13-23(27)25(29,19-9-4-2-5-10-19)20-11-6-3-7-12-20/h2-7,9-12,15-16,23,28-29H,8,13-14,17H2,1H3/t23-/m1/s1. The Balaban J connectivity index is 1.74. The number of phenols is 1. The molecule has 1 atom stereocenters. The summed E-state index contributed by atoms with van der Waals surface area (Å²) in [5, 5.41) is 22.8. The zero-order valence-electron chi connectivity index (χ0n) is 17.0. The first-order valence-electron chi connectivity index (χ1n) is 10.2. The van der Waals surface area contributed by atoms with Crippen molar-refractivity contribution in [2.45, 2.75) is 31.0 Å². The van der Waals surface area contributed by atoms with Gasteiger partial charge < -0.3 is 14.9 Å². The van der Waals surface area contributed by atoms with Crippen molar-refractivity contribution in [3.63, 3.8) is 0 Å². The summed E-state index contributed by atoms with van der Waals surface area (Å²) < 4.78 is 5.98. The number of aromatic hydroxyl groups is 1. The molecule has 0 amide bonds. The molecule has 0 unspecified atom stereocenters. The molecule has 1 aliphatic heterocycles. The highest BCUT2D eigenvalue weighted by Crippen LogP contribution is 2.42. The molecule has 156 valence electrons. The first-order chi connectivity index (χ1) is 14.5. The second kappa shape index (κ2) is 8.80. The van der Waals surface area contributed by atoms with E-state index < -0.39 is 5.60 Å². The maximum atomic E-state index is 12.2. The van der Waals surface area contributed by atoms with Crippen molar-refractivity contribution >= 4 is 15.9 Å². The molecule has 1 saturated heterocycles. The van der Waals surface area contributed by atoms with Gasteiger partial charge in [-0.25, -0.2) is 0 Å². The van der Waals surface area contributed by atoms with Gasteiger partial charge in [0.05, 0.1) is 11.6 Å². The summed E-state index contributed by atoms with van der Waals surface area (Å²) in [5.74, 6) is 0.899. The smallest absolute Gasteiger partial charge is 0.134 e. The minimum absolute atomic E-state index is 0.119. The molecular weight excluding hydrogens is 442 g/mol. The average Bonchev–Trinajstić information content (AvgIpc) is 3.26. The van der Waals surface area contributed by atoms with Crippen molar-refractivity contribution in [1.29, 1.82) is 0 Å². The predicted molar refractivity (Wildman–Crippen MR) is 122 cm³/mol. The van der Waals surface area contributed by atoms with Gasteiger partial charge in [0.15, 0.2) is 0 Å². The fraction of sp³-hybridized carbons (Fsp3) is 0.280. The Hall–Kier alpha value is -2.34. The van der Waals surface area contributed by atoms with E-state index in [1.807, 2.05) is 66.7 Å². The van der Waals surface area contributed by atoms with E-state index in [0.717, 1.165) is 36.1 Å². The number of nitrogens with zero attached hydrogens (tertiary/aromatic N) is 1. The third-order valence-corrected chi connectivity index (χ3v) is 6.60. The first-order valence-corrected chi connectivity index (χ1v) is 11.0. The number of hydrogen-bond acceptors (Lipinski definition) is 4. The lowest BCUT2D eigenvalue weighted by atomic mass is 9.79. The van der Waals surface area contributed by atoms with Gasteiger partial charge in [-0.3, -0.25) is 4.90 Å². The molecule has 0 aliphatic carbocycles. The lowest BCUT2D eigenvalue weighted by molar-refractivity contribution is -0.00674. The number of phenolic OH excluding ortho intramolecular Hbond substituents is 1. The van der Waals surface area contributed by atoms with E-state index in [9.17, 15) is 10.2 Å². The third-order valence-electron chi connectivity index (χ3n) is 6.00. The van der Waals surface area contributed by atoms with E-state index in [2.05, 4.69) is 20.8 Å².